The number of allylic oxidation sites excluding steroid dienone is 5. The molecule has 53 heavy (non-hydrogen) atoms. The number of hydrogen-bond donors (Lipinski definition) is 3. The fourth-order valence-corrected chi connectivity index (χ4v) is 10.7. The zero-order chi connectivity index (χ0) is 39.2. The number of benzene rings is 2. The maximum absolute atomic E-state index is 13.3. The lowest BCUT2D eigenvalue weighted by Crippen LogP contribution is -2.65. The number of nitrogens with one attached hydrogen (secondary N) is 2. The van der Waals surface area contributed by atoms with E-state index in [4.69, 9.17) is 9.47 Å². The van der Waals surface area contributed by atoms with Gasteiger partial charge in [-0.3, -0.25) is 9.59 Å². The third-order valence-electron chi connectivity index (χ3n) is 10.0. The molecule has 1 aliphatic rings. The highest BCUT2D eigenvalue weighted by atomic mass is 28.4. The predicted octanol–water partition coefficient (Wildman–Crippen LogP) is 7.03. The van der Waals surface area contributed by atoms with Crippen LogP contribution >= 0.6 is 0 Å². The van der Waals surface area contributed by atoms with Gasteiger partial charge in [0.15, 0.2) is 5.76 Å². The van der Waals surface area contributed by atoms with E-state index in [2.05, 4.69) is 31.4 Å². The van der Waals surface area contributed by atoms with Crippen LogP contribution in [0.5, 0.6) is 0 Å². The van der Waals surface area contributed by atoms with Crippen LogP contribution in [0.1, 0.15) is 81.1 Å². The SMILES string of the molecule is CC[C@@H](C/C=C\NC(=O)[C@@H](NC(=O)\C=C/C=C\C(C)=C\[C@H](C)[C@@H]1CC=C(OC)C(=O)O1)C(C)(C)C)CC(C)(C)[Si](O)(c1ccccc1)c1ccccc1. The van der Waals surface area contributed by atoms with Crippen LogP contribution in [0.15, 0.2) is 121 Å². The van der Waals surface area contributed by atoms with Gasteiger partial charge in [-0.1, -0.05) is 152 Å². The van der Waals surface area contributed by atoms with Crippen LogP contribution in [-0.4, -0.2) is 50.2 Å². The summed E-state index contributed by atoms with van der Waals surface area (Å²) in [6.45, 7) is 16.2. The van der Waals surface area contributed by atoms with Gasteiger partial charge in [-0.25, -0.2) is 4.79 Å². The van der Waals surface area contributed by atoms with E-state index in [-0.39, 0.29) is 40.6 Å². The lowest BCUT2D eigenvalue weighted by molar-refractivity contribution is -0.151. The van der Waals surface area contributed by atoms with Gasteiger partial charge in [-0.15, -0.1) is 0 Å². The molecule has 2 aromatic carbocycles. The standard InChI is InChI=1S/C44H60N2O6Si/c1-10-34(31-44(7,8)53(50,35-22-13-11-14-23-35)36-24-15-12-16-25-36)21-19-29-45-41(48)40(43(4,5)6)46-39(47)26-18-17-20-32(2)30-33(3)37-27-28-38(51-9)42(49)52-37/h11-20,22-26,28-30,33-34,37,40,50H,10,21,27,31H2,1-9H3,(H,45,48)(H,46,47)/b20-17-,26-18-,29-19-,32-30+/t33-,34-,37-,40+/m0/s1. The van der Waals surface area contributed by atoms with Crippen molar-refractivity contribution in [1.29, 1.82) is 0 Å². The molecular weight excluding hydrogens is 681 g/mol. The highest BCUT2D eigenvalue weighted by Gasteiger charge is 2.50. The highest BCUT2D eigenvalue weighted by Crippen LogP contribution is 2.43. The maximum Gasteiger partial charge on any atom is 0.373 e. The van der Waals surface area contributed by atoms with Crippen LogP contribution in [0.25, 0.3) is 0 Å². The van der Waals surface area contributed by atoms with Crippen molar-refractivity contribution in [1.82, 2.24) is 10.6 Å². The van der Waals surface area contributed by atoms with Crippen LogP contribution in [0.3, 0.4) is 0 Å². The van der Waals surface area contributed by atoms with E-state index in [1.165, 1.54) is 13.2 Å². The second kappa shape index (κ2) is 19.6. The Morgan fingerprint density at radius 3 is 2.11 bits per heavy atom. The molecule has 1 heterocycles. The second-order valence-corrected chi connectivity index (χ2v) is 19.6. The van der Waals surface area contributed by atoms with E-state index in [1.54, 1.807) is 24.4 Å². The first-order chi connectivity index (χ1) is 25.0. The monoisotopic (exact) mass is 740 g/mol. The molecule has 0 unspecified atom stereocenters. The van der Waals surface area contributed by atoms with E-state index in [0.29, 0.717) is 6.42 Å². The molecular formula is C44H60N2O6Si. The Bertz CT molecular complexity index is 1630. The van der Waals surface area contributed by atoms with E-state index in [9.17, 15) is 19.2 Å². The van der Waals surface area contributed by atoms with Crippen molar-refractivity contribution in [2.24, 2.45) is 17.3 Å². The molecule has 9 heteroatoms. The van der Waals surface area contributed by atoms with Crippen molar-refractivity contribution in [2.75, 3.05) is 7.11 Å². The number of carbonyl (C=O) groups excluding carboxylic acids is 3. The largest absolute Gasteiger partial charge is 0.490 e. The molecule has 2 aromatic rings. The summed E-state index contributed by atoms with van der Waals surface area (Å²) in [5, 5.41) is 7.38. The molecule has 2 amide bonds. The topological polar surface area (TPSA) is 114 Å². The van der Waals surface area contributed by atoms with Gasteiger partial charge in [0.1, 0.15) is 12.1 Å². The fourth-order valence-electron chi connectivity index (χ4n) is 6.89. The molecule has 0 radical (unpaired) electrons. The first-order valence-corrected chi connectivity index (χ1v) is 20.6. The molecule has 8 nitrogen and oxygen atoms in total. The van der Waals surface area contributed by atoms with E-state index < -0.39 is 25.7 Å². The lowest BCUT2D eigenvalue weighted by Gasteiger charge is -2.43. The normalized spacial score (nSPS) is 17.7. The summed E-state index contributed by atoms with van der Waals surface area (Å²) in [6, 6.07) is 19.4. The fraction of sp³-hybridized carbons (Fsp3) is 0.432. The number of esters is 1. The third kappa shape index (κ3) is 12.0. The van der Waals surface area contributed by atoms with Crippen molar-refractivity contribution < 1.29 is 28.7 Å². The van der Waals surface area contributed by atoms with Gasteiger partial charge in [0.2, 0.25) is 11.8 Å². The molecule has 3 N–H and O–H groups in total. The molecule has 0 spiro atoms. The van der Waals surface area contributed by atoms with E-state index in [0.717, 1.165) is 35.2 Å². The summed E-state index contributed by atoms with van der Waals surface area (Å²) in [6.07, 6.45) is 16.9. The number of amides is 2. The summed E-state index contributed by atoms with van der Waals surface area (Å²) < 4.78 is 10.5. The van der Waals surface area contributed by atoms with Crippen molar-refractivity contribution in [3.8, 4) is 0 Å². The van der Waals surface area contributed by atoms with Gasteiger partial charge in [0, 0.05) is 18.4 Å². The summed E-state index contributed by atoms with van der Waals surface area (Å²) in [5.41, 5.74) is 0.423. The Balaban J connectivity index is 1.58. The molecule has 0 saturated carbocycles. The van der Waals surface area contributed by atoms with Crippen molar-refractivity contribution in [2.45, 2.75) is 98.3 Å². The van der Waals surface area contributed by atoms with Crippen LogP contribution < -0.4 is 21.0 Å². The first kappa shape index (κ1) is 42.9. The van der Waals surface area contributed by atoms with Crippen molar-refractivity contribution in [3.63, 3.8) is 0 Å². The molecule has 0 aromatic heterocycles. The third-order valence-corrected chi connectivity index (χ3v) is 14.5. The Labute approximate surface area is 318 Å². The number of cyclic esters (lactones) is 1. The van der Waals surface area contributed by atoms with Gasteiger partial charge < -0.3 is 24.9 Å². The Morgan fingerprint density at radius 1 is 1.00 bits per heavy atom. The summed E-state index contributed by atoms with van der Waals surface area (Å²) in [4.78, 5) is 50.8. The van der Waals surface area contributed by atoms with Gasteiger partial charge in [-0.2, -0.15) is 0 Å². The first-order valence-electron chi connectivity index (χ1n) is 18.6. The van der Waals surface area contributed by atoms with Crippen molar-refractivity contribution >= 4 is 36.5 Å². The number of ether oxygens (including phenoxy) is 2. The average Bonchev–Trinajstić information content (AvgIpc) is 3.13. The number of carbonyl (C=O) groups is 3. The predicted molar refractivity (Wildman–Crippen MR) is 217 cm³/mol. The average molecular weight is 741 g/mol. The second-order valence-electron chi connectivity index (χ2n) is 15.7. The molecule has 1 aliphatic heterocycles. The number of hydrogen-bond acceptors (Lipinski definition) is 6. The Hall–Kier alpha value is -4.47. The minimum atomic E-state index is -3.13. The van der Waals surface area contributed by atoms with E-state index >= 15 is 0 Å². The van der Waals surface area contributed by atoms with Gasteiger partial charge >= 0.3 is 5.97 Å². The smallest absolute Gasteiger partial charge is 0.373 e. The van der Waals surface area contributed by atoms with Crippen LogP contribution in [0, 0.1) is 17.3 Å². The van der Waals surface area contributed by atoms with E-state index in [1.807, 2.05) is 114 Å². The minimum Gasteiger partial charge on any atom is -0.490 e. The molecule has 3 rings (SSSR count). The summed E-state index contributed by atoms with van der Waals surface area (Å²) in [5.74, 6) is -0.613. The molecule has 0 fully saturated rings. The van der Waals surface area contributed by atoms with Gasteiger partial charge in [-0.05, 0) is 58.8 Å². The maximum atomic E-state index is 13.3. The Kier molecular flexibility index (Phi) is 15.8. The summed E-state index contributed by atoms with van der Waals surface area (Å²) in [7, 11) is -1.68. The molecule has 0 aliphatic carbocycles. The quantitative estimate of drug-likeness (QED) is 0.0696. The van der Waals surface area contributed by atoms with Gasteiger partial charge in [0.25, 0.3) is 8.32 Å². The summed E-state index contributed by atoms with van der Waals surface area (Å²) >= 11 is 0. The Morgan fingerprint density at radius 2 is 1.58 bits per heavy atom. The molecule has 286 valence electrons. The zero-order valence-electron chi connectivity index (χ0n) is 33.0. The van der Waals surface area contributed by atoms with Crippen LogP contribution in [0.4, 0.5) is 0 Å². The highest BCUT2D eigenvalue weighted by molar-refractivity contribution is 6.98. The van der Waals surface area contributed by atoms with Gasteiger partial charge in [0.05, 0.1) is 7.11 Å². The molecule has 4 atom stereocenters. The zero-order valence-corrected chi connectivity index (χ0v) is 34.0. The lowest BCUT2D eigenvalue weighted by atomic mass is 9.86. The van der Waals surface area contributed by atoms with Crippen LogP contribution in [-0.2, 0) is 23.9 Å². The number of rotatable bonds is 17. The van der Waals surface area contributed by atoms with Crippen LogP contribution in [0.2, 0.25) is 5.04 Å². The van der Waals surface area contributed by atoms with Crippen molar-refractivity contribution in [3.05, 3.63) is 121 Å². The number of methoxy groups -OCH3 is 1. The molecule has 0 saturated heterocycles. The molecule has 0 bridgehead atoms. The minimum absolute atomic E-state index is 0.00806.